The highest BCUT2D eigenvalue weighted by Gasteiger charge is 2.01. The number of rotatable bonds is 11. The van der Waals surface area contributed by atoms with Crippen molar-refractivity contribution in [1.29, 1.82) is 0 Å². The van der Waals surface area contributed by atoms with Gasteiger partial charge in [0.2, 0.25) is 0 Å². The Hall–Kier alpha value is -1.14. The van der Waals surface area contributed by atoms with Gasteiger partial charge in [-0.1, -0.05) is 11.6 Å². The van der Waals surface area contributed by atoms with Crippen LogP contribution in [0.5, 0.6) is 5.75 Å². The molecule has 0 bridgehead atoms. The van der Waals surface area contributed by atoms with Crippen LogP contribution in [0.1, 0.15) is 10.4 Å². The summed E-state index contributed by atoms with van der Waals surface area (Å²) >= 11 is 5.88. The molecule has 5 nitrogen and oxygen atoms in total. The largest absolute Gasteiger partial charge is 0.491 e. The highest BCUT2D eigenvalue weighted by Crippen LogP contribution is 2.21. The smallest absolute Gasteiger partial charge is 0.151 e. The molecule has 0 aliphatic carbocycles. The average molecular weight is 303 g/mol. The van der Waals surface area contributed by atoms with Crippen molar-refractivity contribution >= 4 is 17.9 Å². The second-order valence-electron chi connectivity index (χ2n) is 3.87. The first kappa shape index (κ1) is 16.9. The van der Waals surface area contributed by atoms with Crippen LogP contribution in [0.15, 0.2) is 18.2 Å². The van der Waals surface area contributed by atoms with E-state index in [4.69, 9.17) is 30.5 Å². The van der Waals surface area contributed by atoms with E-state index in [0.717, 1.165) is 0 Å². The number of halogens is 1. The van der Waals surface area contributed by atoms with Gasteiger partial charge in [-0.05, 0) is 18.2 Å². The molecule has 0 unspecified atom stereocenters. The van der Waals surface area contributed by atoms with Gasteiger partial charge in [0.25, 0.3) is 0 Å². The number of ether oxygens (including phenoxy) is 4. The molecule has 0 radical (unpaired) electrons. The molecule has 0 aliphatic rings. The van der Waals surface area contributed by atoms with Crippen molar-refractivity contribution in [3.63, 3.8) is 0 Å². The normalized spacial score (nSPS) is 10.5. The maximum absolute atomic E-state index is 10.6. The molecular formula is C14H19ClO5. The molecule has 1 aromatic rings. The number of hydrogen-bond donors (Lipinski definition) is 0. The van der Waals surface area contributed by atoms with Crippen LogP contribution < -0.4 is 4.74 Å². The average Bonchev–Trinajstić information content (AvgIpc) is 2.46. The van der Waals surface area contributed by atoms with Crippen molar-refractivity contribution in [1.82, 2.24) is 0 Å². The van der Waals surface area contributed by atoms with Crippen molar-refractivity contribution in [2.75, 3.05) is 46.8 Å². The molecule has 20 heavy (non-hydrogen) atoms. The topological polar surface area (TPSA) is 54.0 Å². The Morgan fingerprint density at radius 1 is 1.05 bits per heavy atom. The summed E-state index contributed by atoms with van der Waals surface area (Å²) < 4.78 is 20.9. The molecule has 0 atom stereocenters. The van der Waals surface area contributed by atoms with Gasteiger partial charge < -0.3 is 18.9 Å². The van der Waals surface area contributed by atoms with Gasteiger partial charge in [-0.15, -0.1) is 0 Å². The molecule has 0 amide bonds. The number of benzene rings is 1. The summed E-state index contributed by atoms with van der Waals surface area (Å²) in [6, 6.07) is 4.93. The van der Waals surface area contributed by atoms with Gasteiger partial charge in [0.1, 0.15) is 12.4 Å². The molecule has 0 aliphatic heterocycles. The van der Waals surface area contributed by atoms with Crippen LogP contribution in [-0.4, -0.2) is 53.0 Å². The van der Waals surface area contributed by atoms with Crippen molar-refractivity contribution in [3.8, 4) is 5.75 Å². The standard InChI is InChI=1S/C14H19ClO5/c1-17-4-5-18-6-7-19-8-9-20-13-3-2-12(11-16)14(15)10-13/h2-3,10-11H,4-9H2,1H3. The predicted octanol–water partition coefficient (Wildman–Crippen LogP) is 2.21. The van der Waals surface area contributed by atoms with Gasteiger partial charge in [0.15, 0.2) is 6.29 Å². The summed E-state index contributed by atoms with van der Waals surface area (Å²) in [6.07, 6.45) is 0.707. The van der Waals surface area contributed by atoms with E-state index in [1.807, 2.05) is 0 Å². The summed E-state index contributed by atoms with van der Waals surface area (Å²) in [4.78, 5) is 10.6. The molecular weight excluding hydrogens is 284 g/mol. The fourth-order valence-corrected chi connectivity index (χ4v) is 1.59. The van der Waals surface area contributed by atoms with Crippen LogP contribution >= 0.6 is 11.6 Å². The highest BCUT2D eigenvalue weighted by molar-refractivity contribution is 6.33. The number of hydrogen-bond acceptors (Lipinski definition) is 5. The van der Waals surface area contributed by atoms with Crippen LogP contribution in [0.2, 0.25) is 5.02 Å². The van der Waals surface area contributed by atoms with Gasteiger partial charge in [-0.25, -0.2) is 0 Å². The Morgan fingerprint density at radius 3 is 2.30 bits per heavy atom. The second-order valence-corrected chi connectivity index (χ2v) is 4.27. The molecule has 0 aromatic heterocycles. The van der Waals surface area contributed by atoms with Crippen LogP contribution in [0.25, 0.3) is 0 Å². The van der Waals surface area contributed by atoms with Crippen molar-refractivity contribution < 1.29 is 23.7 Å². The van der Waals surface area contributed by atoms with Crippen molar-refractivity contribution in [3.05, 3.63) is 28.8 Å². The summed E-state index contributed by atoms with van der Waals surface area (Å²) in [7, 11) is 1.63. The molecule has 1 aromatic carbocycles. The molecule has 0 fully saturated rings. The monoisotopic (exact) mass is 302 g/mol. The number of carbonyl (C=O) groups is 1. The first-order chi connectivity index (χ1) is 9.77. The Bertz CT molecular complexity index is 397. The second kappa shape index (κ2) is 10.6. The summed E-state index contributed by atoms with van der Waals surface area (Å²) in [5, 5.41) is 0.380. The van der Waals surface area contributed by atoms with E-state index in [1.165, 1.54) is 0 Å². The summed E-state index contributed by atoms with van der Waals surface area (Å²) in [6.45, 7) is 3.06. The lowest BCUT2D eigenvalue weighted by Crippen LogP contribution is -2.12. The Kier molecular flexibility index (Phi) is 8.98. The van der Waals surface area contributed by atoms with E-state index in [-0.39, 0.29) is 0 Å². The fourth-order valence-electron chi connectivity index (χ4n) is 1.38. The maximum Gasteiger partial charge on any atom is 0.151 e. The van der Waals surface area contributed by atoms with E-state index in [2.05, 4.69) is 0 Å². The fraction of sp³-hybridized carbons (Fsp3) is 0.500. The van der Waals surface area contributed by atoms with Crippen LogP contribution in [0, 0.1) is 0 Å². The zero-order valence-corrected chi connectivity index (χ0v) is 12.2. The van der Waals surface area contributed by atoms with Gasteiger partial charge in [-0.2, -0.15) is 0 Å². The minimum atomic E-state index is 0.380. The lowest BCUT2D eigenvalue weighted by atomic mass is 10.2. The Morgan fingerprint density at radius 2 is 1.70 bits per heavy atom. The van der Waals surface area contributed by atoms with E-state index in [9.17, 15) is 4.79 Å². The minimum Gasteiger partial charge on any atom is -0.491 e. The van der Waals surface area contributed by atoms with Crippen molar-refractivity contribution in [2.24, 2.45) is 0 Å². The molecule has 0 heterocycles. The molecule has 0 spiro atoms. The SMILES string of the molecule is COCCOCCOCCOc1ccc(C=O)c(Cl)c1. The van der Waals surface area contributed by atoms with Gasteiger partial charge >= 0.3 is 0 Å². The number of aldehydes is 1. The predicted molar refractivity (Wildman–Crippen MR) is 75.8 cm³/mol. The van der Waals surface area contributed by atoms with E-state index < -0.39 is 0 Å². The first-order valence-corrected chi connectivity index (χ1v) is 6.67. The van der Waals surface area contributed by atoms with Gasteiger partial charge in [0.05, 0.1) is 38.1 Å². The minimum absolute atomic E-state index is 0.380. The number of carbonyl (C=O) groups excluding carboxylic acids is 1. The van der Waals surface area contributed by atoms with Crippen LogP contribution in [-0.2, 0) is 14.2 Å². The van der Waals surface area contributed by atoms with Gasteiger partial charge in [-0.3, -0.25) is 4.79 Å². The quantitative estimate of drug-likeness (QED) is 0.463. The summed E-state index contributed by atoms with van der Waals surface area (Å²) in [5.74, 6) is 0.612. The molecule has 112 valence electrons. The molecule has 0 N–H and O–H groups in total. The Balaban J connectivity index is 2.06. The maximum atomic E-state index is 10.6. The zero-order chi connectivity index (χ0) is 14.6. The van der Waals surface area contributed by atoms with Crippen LogP contribution in [0.3, 0.4) is 0 Å². The molecule has 1 rings (SSSR count). The third kappa shape index (κ3) is 6.86. The molecule has 0 saturated heterocycles. The third-order valence-electron chi connectivity index (χ3n) is 2.40. The van der Waals surface area contributed by atoms with Crippen LogP contribution in [0.4, 0.5) is 0 Å². The van der Waals surface area contributed by atoms with Gasteiger partial charge in [0, 0.05) is 12.7 Å². The number of methoxy groups -OCH3 is 1. The third-order valence-corrected chi connectivity index (χ3v) is 2.73. The first-order valence-electron chi connectivity index (χ1n) is 6.30. The lowest BCUT2D eigenvalue weighted by Gasteiger charge is -2.08. The highest BCUT2D eigenvalue weighted by atomic mass is 35.5. The van der Waals surface area contributed by atoms with E-state index in [1.54, 1.807) is 25.3 Å². The van der Waals surface area contributed by atoms with E-state index >= 15 is 0 Å². The van der Waals surface area contributed by atoms with Crippen molar-refractivity contribution in [2.45, 2.75) is 0 Å². The molecule has 6 heteroatoms. The molecule has 0 saturated carbocycles. The summed E-state index contributed by atoms with van der Waals surface area (Å²) in [5.41, 5.74) is 0.448. The van der Waals surface area contributed by atoms with E-state index in [0.29, 0.717) is 62.3 Å². The zero-order valence-electron chi connectivity index (χ0n) is 11.5. The Labute approximate surface area is 123 Å². The lowest BCUT2D eigenvalue weighted by molar-refractivity contribution is 0.0180.